The number of aryl methyl sites for hydroxylation is 2. The normalized spacial score (nSPS) is 12.0. The molecule has 0 amide bonds. The zero-order chi connectivity index (χ0) is 31.8. The number of aromatic hydroxyl groups is 2. The Morgan fingerprint density at radius 2 is 1.09 bits per heavy atom. The number of phosphoric acid groups is 2. The van der Waals surface area contributed by atoms with Gasteiger partial charge in [-0.15, -0.1) is 0 Å². The van der Waals surface area contributed by atoms with Crippen LogP contribution in [-0.2, 0) is 71.1 Å². The van der Waals surface area contributed by atoms with Crippen LogP contribution in [0.25, 0.3) is 0 Å². The van der Waals surface area contributed by atoms with Gasteiger partial charge in [0.1, 0.15) is 24.7 Å². The molecule has 1 radical (unpaired) electrons. The first-order chi connectivity index (χ1) is 19.3. The predicted octanol–water partition coefficient (Wildman–Crippen LogP) is -2.48. The molecule has 0 fully saturated rings. The standard InChI is InChI=1S/C22H32N4O14P2.Mn/c1-13-21(31)15(5-17(23-13)11-39-41(33,34)35)7-25(9-19(27)28)3-4-26(10-20(29)30)8-16-6-18(12-40-42(36,37)38)24-14(2)22(16)32;/h5-6,31-32H,3-4,7-12H2,1-2H3,(H,27,28)(H,29,30)(H2,33,34,35)(H2,36,37,38);/q;+2/p-2. The molecule has 6 N–H and O–H groups in total. The molecular formula is C22H30MnN4O14P2. The SMILES string of the molecule is Cc1nc(COP(=O)(O)O)cc(CN(CCN(CC(=O)[O-])Cc2cc(COP(=O)(O)O)nc(C)c2O)CC(=O)[O-])c1O.[Mn+2]. The predicted molar refractivity (Wildman–Crippen MR) is 136 cm³/mol. The summed E-state index contributed by atoms with van der Waals surface area (Å²) in [5, 5.41) is 43.8. The molecule has 0 aromatic carbocycles. The Bertz CT molecular complexity index is 1280. The van der Waals surface area contributed by atoms with E-state index in [4.69, 9.17) is 19.6 Å². The Balaban J connectivity index is 0.00000924. The van der Waals surface area contributed by atoms with Gasteiger partial charge in [-0.2, -0.15) is 0 Å². The maximum absolute atomic E-state index is 11.4. The van der Waals surface area contributed by atoms with Crippen LogP contribution < -0.4 is 10.2 Å². The Morgan fingerprint density at radius 3 is 1.37 bits per heavy atom. The molecule has 0 aliphatic carbocycles. The third-order valence-electron chi connectivity index (χ3n) is 5.59. The quantitative estimate of drug-likeness (QED) is 0.0740. The summed E-state index contributed by atoms with van der Waals surface area (Å²) in [5.41, 5.74) is 0.500. The second-order valence-corrected chi connectivity index (χ2v) is 11.6. The van der Waals surface area contributed by atoms with Crippen LogP contribution in [0, 0.1) is 13.8 Å². The van der Waals surface area contributed by atoms with Crippen molar-refractivity contribution >= 4 is 27.6 Å². The average molecular weight is 691 g/mol. The summed E-state index contributed by atoms with van der Waals surface area (Å²) >= 11 is 0. The zero-order valence-corrected chi connectivity index (χ0v) is 25.8. The molecule has 2 aromatic rings. The number of aliphatic carboxylic acids is 2. The minimum absolute atomic E-state index is 0. The van der Waals surface area contributed by atoms with Gasteiger partial charge in [0.05, 0.1) is 34.7 Å². The van der Waals surface area contributed by atoms with E-state index in [2.05, 4.69) is 19.0 Å². The number of carboxylic acids is 2. The van der Waals surface area contributed by atoms with Crippen molar-refractivity contribution < 1.29 is 84.8 Å². The molecule has 0 aliphatic heterocycles. The van der Waals surface area contributed by atoms with E-state index in [1.165, 1.54) is 35.8 Å². The van der Waals surface area contributed by atoms with Crippen molar-refractivity contribution in [2.24, 2.45) is 0 Å². The largest absolute Gasteiger partial charge is 2.00 e. The summed E-state index contributed by atoms with van der Waals surface area (Å²) in [6.45, 7) is -0.383. The number of pyridine rings is 2. The minimum atomic E-state index is -4.82. The maximum Gasteiger partial charge on any atom is 2.00 e. The van der Waals surface area contributed by atoms with Crippen LogP contribution in [0.3, 0.4) is 0 Å². The molecule has 0 atom stereocenters. The number of phosphoric ester groups is 2. The van der Waals surface area contributed by atoms with Crippen LogP contribution in [0.5, 0.6) is 11.5 Å². The van der Waals surface area contributed by atoms with Gasteiger partial charge in [-0.3, -0.25) is 28.8 Å². The second-order valence-electron chi connectivity index (χ2n) is 9.11. The van der Waals surface area contributed by atoms with Gasteiger partial charge < -0.3 is 49.6 Å². The van der Waals surface area contributed by atoms with Crippen molar-refractivity contribution in [2.45, 2.75) is 40.2 Å². The average Bonchev–Trinajstić information content (AvgIpc) is 2.84. The fourth-order valence-corrected chi connectivity index (χ4v) is 4.45. The molecule has 21 heteroatoms. The first kappa shape index (κ1) is 38.5. The molecule has 0 bridgehead atoms. The van der Waals surface area contributed by atoms with Crippen LogP contribution >= 0.6 is 15.6 Å². The van der Waals surface area contributed by atoms with Crippen LogP contribution in [0.2, 0.25) is 0 Å². The number of carbonyl (C=O) groups is 2. The molecule has 239 valence electrons. The fourth-order valence-electron chi connectivity index (χ4n) is 3.85. The molecule has 2 heterocycles. The van der Waals surface area contributed by atoms with E-state index in [0.717, 1.165) is 0 Å². The number of nitrogens with zero attached hydrogens (tertiary/aromatic N) is 4. The van der Waals surface area contributed by atoms with E-state index in [9.17, 15) is 39.1 Å². The third-order valence-corrected chi connectivity index (χ3v) is 6.52. The fraction of sp³-hybridized carbons (Fsp3) is 0.455. The summed E-state index contributed by atoms with van der Waals surface area (Å²) in [6, 6.07) is 2.52. The Morgan fingerprint density at radius 1 is 0.767 bits per heavy atom. The van der Waals surface area contributed by atoms with Crippen LogP contribution in [0.15, 0.2) is 12.1 Å². The zero-order valence-electron chi connectivity index (χ0n) is 22.8. The summed E-state index contributed by atoms with van der Waals surface area (Å²) in [7, 11) is -9.65. The van der Waals surface area contributed by atoms with E-state index in [-0.39, 0.29) is 88.6 Å². The molecule has 0 saturated heterocycles. The number of aromatic nitrogens is 2. The van der Waals surface area contributed by atoms with Gasteiger partial charge in [0, 0.05) is 50.4 Å². The third kappa shape index (κ3) is 14.2. The minimum Gasteiger partial charge on any atom is -0.549 e. The van der Waals surface area contributed by atoms with Crippen LogP contribution in [-0.4, -0.2) is 87.7 Å². The Labute approximate surface area is 255 Å². The van der Waals surface area contributed by atoms with E-state index in [0.29, 0.717) is 0 Å². The van der Waals surface area contributed by atoms with Crippen molar-refractivity contribution in [3.63, 3.8) is 0 Å². The molecule has 0 spiro atoms. The van der Waals surface area contributed by atoms with Crippen molar-refractivity contribution in [3.8, 4) is 11.5 Å². The summed E-state index contributed by atoms with van der Waals surface area (Å²) in [5.74, 6) is -3.61. The van der Waals surface area contributed by atoms with Gasteiger partial charge in [-0.25, -0.2) is 9.13 Å². The van der Waals surface area contributed by atoms with E-state index >= 15 is 0 Å². The van der Waals surface area contributed by atoms with Crippen LogP contribution in [0.1, 0.15) is 33.9 Å². The molecule has 18 nitrogen and oxygen atoms in total. The number of hydrogen-bond donors (Lipinski definition) is 6. The van der Waals surface area contributed by atoms with E-state index in [1.807, 2.05) is 0 Å². The molecular weight excluding hydrogens is 661 g/mol. The van der Waals surface area contributed by atoms with Crippen molar-refractivity contribution in [2.75, 3.05) is 26.2 Å². The Kier molecular flexibility index (Phi) is 14.8. The van der Waals surface area contributed by atoms with Gasteiger partial charge in [-0.1, -0.05) is 0 Å². The molecule has 2 aromatic heterocycles. The summed E-state index contributed by atoms with van der Waals surface area (Å²) in [4.78, 5) is 69.2. The summed E-state index contributed by atoms with van der Waals surface area (Å²) in [6.07, 6.45) is 0. The second kappa shape index (κ2) is 16.5. The smallest absolute Gasteiger partial charge is 0.549 e. The van der Waals surface area contributed by atoms with Gasteiger partial charge >= 0.3 is 32.7 Å². The molecule has 43 heavy (non-hydrogen) atoms. The molecule has 2 rings (SSSR count). The number of carbonyl (C=O) groups excluding carboxylic acids is 2. The van der Waals surface area contributed by atoms with Crippen LogP contribution in [0.4, 0.5) is 0 Å². The number of hydrogen-bond acceptors (Lipinski definition) is 14. The number of carboxylic acid groups (broad SMARTS) is 2. The van der Waals surface area contributed by atoms with Gasteiger partial charge in [0.15, 0.2) is 0 Å². The molecule has 0 saturated carbocycles. The van der Waals surface area contributed by atoms with Gasteiger partial charge in [0.25, 0.3) is 0 Å². The van der Waals surface area contributed by atoms with Crippen molar-refractivity contribution in [1.29, 1.82) is 0 Å². The summed E-state index contributed by atoms with van der Waals surface area (Å²) < 4.78 is 30.9. The maximum atomic E-state index is 11.4. The Hall–Kier alpha value is -2.50. The van der Waals surface area contributed by atoms with E-state index in [1.54, 1.807) is 0 Å². The molecule has 0 aliphatic rings. The first-order valence-corrected chi connectivity index (χ1v) is 15.0. The monoisotopic (exact) mass is 691 g/mol. The van der Waals surface area contributed by atoms with E-state index < -0.39 is 53.9 Å². The van der Waals surface area contributed by atoms with Gasteiger partial charge in [0.2, 0.25) is 0 Å². The van der Waals surface area contributed by atoms with Gasteiger partial charge in [-0.05, 0) is 26.0 Å². The molecule has 0 unspecified atom stereocenters. The van der Waals surface area contributed by atoms with Crippen molar-refractivity contribution in [1.82, 2.24) is 19.8 Å². The topological polar surface area (TPSA) is 286 Å². The van der Waals surface area contributed by atoms with Crippen molar-refractivity contribution in [3.05, 3.63) is 46.0 Å². The first-order valence-electron chi connectivity index (χ1n) is 11.9. The number of rotatable bonds is 17.